The molecule has 1 aliphatic heterocycles. The van der Waals surface area contributed by atoms with Gasteiger partial charge in [-0.15, -0.1) is 0 Å². The summed E-state index contributed by atoms with van der Waals surface area (Å²) in [6, 6.07) is 13.6. The number of carbonyl (C=O) groups is 1. The number of ketones is 1. The van der Waals surface area contributed by atoms with Crippen molar-refractivity contribution in [2.75, 3.05) is 13.1 Å². The Morgan fingerprint density at radius 2 is 1.78 bits per heavy atom. The summed E-state index contributed by atoms with van der Waals surface area (Å²) in [5.74, 6) is -2.52. The maximum absolute atomic E-state index is 13.5. The summed E-state index contributed by atoms with van der Waals surface area (Å²) in [7, 11) is 0. The van der Waals surface area contributed by atoms with Gasteiger partial charge < -0.3 is 4.90 Å². The number of carbonyl (C=O) groups excluding carboxylic acids is 1. The molecule has 0 aromatic heterocycles. The number of rotatable bonds is 5. The standard InChI is InChI=1S/C22H23F2NOS/c1-15-14-18(17(3)26)8-9-20(15)27-21-7-5-4-6-19(21)16(2)25-12-10-22(23,24)11-13-25/h4-9,14H,2,10-13H2,1,3H3. The molecule has 0 spiro atoms. The number of hydrogen-bond donors (Lipinski definition) is 0. The molecule has 0 atom stereocenters. The van der Waals surface area contributed by atoms with Crippen LogP contribution in [0, 0.1) is 6.92 Å². The van der Waals surface area contributed by atoms with Gasteiger partial charge in [0.25, 0.3) is 5.92 Å². The molecule has 2 aromatic rings. The van der Waals surface area contributed by atoms with Crippen molar-refractivity contribution in [3.05, 3.63) is 65.7 Å². The van der Waals surface area contributed by atoms with Gasteiger partial charge in [-0.3, -0.25) is 4.79 Å². The highest BCUT2D eigenvalue weighted by Gasteiger charge is 2.34. The summed E-state index contributed by atoms with van der Waals surface area (Å²) in [5, 5.41) is 0. The number of benzene rings is 2. The van der Waals surface area contributed by atoms with E-state index < -0.39 is 5.92 Å². The van der Waals surface area contributed by atoms with E-state index in [1.54, 1.807) is 18.7 Å². The highest BCUT2D eigenvalue weighted by Crippen LogP contribution is 2.38. The molecule has 0 saturated carbocycles. The van der Waals surface area contributed by atoms with Gasteiger partial charge in [0.1, 0.15) is 0 Å². The molecule has 0 aliphatic carbocycles. The Labute approximate surface area is 163 Å². The first-order valence-corrected chi connectivity index (χ1v) is 9.79. The number of hydrogen-bond acceptors (Lipinski definition) is 3. The van der Waals surface area contributed by atoms with Crippen LogP contribution in [0.15, 0.2) is 58.8 Å². The number of likely N-dealkylation sites (tertiary alicyclic amines) is 1. The molecule has 5 heteroatoms. The zero-order valence-corrected chi connectivity index (χ0v) is 16.4. The van der Waals surface area contributed by atoms with Crippen LogP contribution in [0.2, 0.25) is 0 Å². The van der Waals surface area contributed by atoms with E-state index in [4.69, 9.17) is 0 Å². The van der Waals surface area contributed by atoms with Gasteiger partial charge in [-0.25, -0.2) is 8.78 Å². The Kier molecular flexibility index (Phi) is 5.70. The first kappa shape index (κ1) is 19.6. The van der Waals surface area contributed by atoms with Gasteiger partial charge in [0.15, 0.2) is 5.78 Å². The minimum atomic E-state index is -2.57. The fourth-order valence-corrected chi connectivity index (χ4v) is 4.20. The van der Waals surface area contributed by atoms with E-state index in [9.17, 15) is 13.6 Å². The second-order valence-electron chi connectivity index (χ2n) is 6.92. The molecule has 1 saturated heterocycles. The van der Waals surface area contributed by atoms with Crippen LogP contribution in [-0.2, 0) is 0 Å². The van der Waals surface area contributed by atoms with E-state index in [0.717, 1.165) is 26.6 Å². The normalized spacial score (nSPS) is 16.2. The smallest absolute Gasteiger partial charge is 0.251 e. The highest BCUT2D eigenvalue weighted by atomic mass is 32.2. The molecular formula is C22H23F2NOS. The third kappa shape index (κ3) is 4.59. The Morgan fingerprint density at radius 1 is 1.11 bits per heavy atom. The molecule has 0 bridgehead atoms. The number of alkyl halides is 2. The van der Waals surface area contributed by atoms with E-state index in [2.05, 4.69) is 6.58 Å². The van der Waals surface area contributed by atoms with E-state index in [1.807, 2.05) is 54.3 Å². The number of halogens is 2. The SMILES string of the molecule is C=C(c1ccccc1Sc1ccc(C(C)=O)cc1C)N1CCC(F)(F)CC1. The summed E-state index contributed by atoms with van der Waals surface area (Å²) >= 11 is 1.61. The van der Waals surface area contributed by atoms with Crippen LogP contribution in [0.1, 0.15) is 41.3 Å². The molecule has 0 amide bonds. The van der Waals surface area contributed by atoms with Crippen LogP contribution >= 0.6 is 11.8 Å². The second-order valence-corrected chi connectivity index (χ2v) is 8.01. The van der Waals surface area contributed by atoms with Crippen LogP contribution in [0.3, 0.4) is 0 Å². The Balaban J connectivity index is 1.82. The maximum atomic E-state index is 13.5. The van der Waals surface area contributed by atoms with Crippen LogP contribution in [-0.4, -0.2) is 29.7 Å². The monoisotopic (exact) mass is 387 g/mol. The number of Topliss-reactive ketones (excluding diaryl/α,β-unsaturated/α-hetero) is 1. The molecule has 0 N–H and O–H groups in total. The molecule has 3 rings (SSSR count). The highest BCUT2D eigenvalue weighted by molar-refractivity contribution is 7.99. The predicted octanol–water partition coefficient (Wildman–Crippen LogP) is 6.05. The van der Waals surface area contributed by atoms with Crippen molar-refractivity contribution in [2.24, 2.45) is 0 Å². The summed E-state index contributed by atoms with van der Waals surface area (Å²) in [4.78, 5) is 15.6. The lowest BCUT2D eigenvalue weighted by atomic mass is 10.0. The van der Waals surface area contributed by atoms with Crippen LogP contribution in [0.4, 0.5) is 8.78 Å². The molecule has 142 valence electrons. The fourth-order valence-electron chi connectivity index (χ4n) is 3.17. The van der Waals surface area contributed by atoms with Gasteiger partial charge in [0, 0.05) is 52.5 Å². The van der Waals surface area contributed by atoms with Crippen molar-refractivity contribution in [3.8, 4) is 0 Å². The molecule has 0 unspecified atom stereocenters. The molecule has 1 aliphatic rings. The molecule has 27 heavy (non-hydrogen) atoms. The van der Waals surface area contributed by atoms with E-state index >= 15 is 0 Å². The molecule has 2 aromatic carbocycles. The van der Waals surface area contributed by atoms with Gasteiger partial charge >= 0.3 is 0 Å². The topological polar surface area (TPSA) is 20.3 Å². The van der Waals surface area contributed by atoms with Gasteiger partial charge in [-0.1, -0.05) is 42.6 Å². The first-order valence-electron chi connectivity index (χ1n) is 8.97. The van der Waals surface area contributed by atoms with Crippen molar-refractivity contribution in [1.29, 1.82) is 0 Å². The lowest BCUT2D eigenvalue weighted by Gasteiger charge is -2.35. The summed E-state index contributed by atoms with van der Waals surface area (Å²) in [6.07, 6.45) is -0.264. The van der Waals surface area contributed by atoms with E-state index in [0.29, 0.717) is 18.7 Å². The van der Waals surface area contributed by atoms with Crippen molar-refractivity contribution in [2.45, 2.75) is 42.4 Å². The van der Waals surface area contributed by atoms with E-state index in [1.165, 1.54) is 0 Å². The summed E-state index contributed by atoms with van der Waals surface area (Å²) in [5.41, 5.74) is 3.48. The largest absolute Gasteiger partial charge is 0.371 e. The quantitative estimate of drug-likeness (QED) is 0.583. The third-order valence-corrected chi connectivity index (χ3v) is 6.13. The van der Waals surface area contributed by atoms with Crippen molar-refractivity contribution >= 4 is 23.2 Å². The van der Waals surface area contributed by atoms with Gasteiger partial charge in [-0.2, -0.15) is 0 Å². The van der Waals surface area contributed by atoms with Crippen LogP contribution < -0.4 is 0 Å². The fraction of sp³-hybridized carbons (Fsp3) is 0.318. The predicted molar refractivity (Wildman–Crippen MR) is 107 cm³/mol. The minimum absolute atomic E-state index is 0.0466. The van der Waals surface area contributed by atoms with Crippen molar-refractivity contribution < 1.29 is 13.6 Å². The van der Waals surface area contributed by atoms with Crippen molar-refractivity contribution in [1.82, 2.24) is 4.90 Å². The van der Waals surface area contributed by atoms with Gasteiger partial charge in [0.2, 0.25) is 0 Å². The molecule has 2 nitrogen and oxygen atoms in total. The lowest BCUT2D eigenvalue weighted by molar-refractivity contribution is -0.0450. The first-order chi connectivity index (χ1) is 12.8. The maximum Gasteiger partial charge on any atom is 0.251 e. The lowest BCUT2D eigenvalue weighted by Crippen LogP contribution is -2.38. The number of nitrogens with zero attached hydrogens (tertiary/aromatic N) is 1. The summed E-state index contributed by atoms with van der Waals surface area (Å²) in [6.45, 7) is 8.36. The Hall–Kier alpha value is -2.14. The zero-order chi connectivity index (χ0) is 19.6. The minimum Gasteiger partial charge on any atom is -0.371 e. The average molecular weight is 387 g/mol. The molecule has 1 fully saturated rings. The van der Waals surface area contributed by atoms with Crippen molar-refractivity contribution in [3.63, 3.8) is 0 Å². The molecule has 0 radical (unpaired) electrons. The summed E-state index contributed by atoms with van der Waals surface area (Å²) < 4.78 is 26.9. The van der Waals surface area contributed by atoms with Gasteiger partial charge in [0.05, 0.1) is 0 Å². The Morgan fingerprint density at radius 3 is 2.41 bits per heavy atom. The third-order valence-electron chi connectivity index (χ3n) is 4.88. The molecular weight excluding hydrogens is 364 g/mol. The number of piperidine rings is 1. The van der Waals surface area contributed by atoms with Gasteiger partial charge in [-0.05, 0) is 37.6 Å². The average Bonchev–Trinajstić information content (AvgIpc) is 2.63. The zero-order valence-electron chi connectivity index (χ0n) is 15.6. The second kappa shape index (κ2) is 7.85. The molecule has 1 heterocycles. The van der Waals surface area contributed by atoms with E-state index in [-0.39, 0.29) is 18.6 Å². The van der Waals surface area contributed by atoms with Crippen LogP contribution in [0.5, 0.6) is 0 Å². The number of aryl methyl sites for hydroxylation is 1. The van der Waals surface area contributed by atoms with Crippen LogP contribution in [0.25, 0.3) is 5.70 Å². The Bertz CT molecular complexity index is 868.